The standard InChI is InChI=1S/C14H19ClN2O3S/c1-16(2)6-7-17(9-13(18)19)14(20)11-8-10(21-3)4-5-12(11)15/h4-5,8H,6-7,9H2,1-3H3,(H,18,19). The SMILES string of the molecule is CSc1ccc(Cl)c(C(=O)N(CCN(C)C)CC(=O)O)c1. The smallest absolute Gasteiger partial charge is 0.323 e. The van der Waals surface area contributed by atoms with Gasteiger partial charge in [0.2, 0.25) is 0 Å². The van der Waals surface area contributed by atoms with Gasteiger partial charge in [0, 0.05) is 18.0 Å². The molecule has 0 spiro atoms. The maximum absolute atomic E-state index is 12.5. The molecular weight excluding hydrogens is 312 g/mol. The molecule has 5 nitrogen and oxygen atoms in total. The minimum Gasteiger partial charge on any atom is -0.480 e. The highest BCUT2D eigenvalue weighted by molar-refractivity contribution is 7.98. The number of amides is 1. The Morgan fingerprint density at radius 3 is 2.48 bits per heavy atom. The lowest BCUT2D eigenvalue weighted by Crippen LogP contribution is -2.40. The van der Waals surface area contributed by atoms with Crippen molar-refractivity contribution in [3.8, 4) is 0 Å². The number of carbonyl (C=O) groups excluding carboxylic acids is 1. The highest BCUT2D eigenvalue weighted by Crippen LogP contribution is 2.24. The van der Waals surface area contributed by atoms with Crippen molar-refractivity contribution in [2.75, 3.05) is 40.0 Å². The fraction of sp³-hybridized carbons (Fsp3) is 0.429. The van der Waals surface area contributed by atoms with Crippen molar-refractivity contribution in [2.45, 2.75) is 4.90 Å². The van der Waals surface area contributed by atoms with Crippen molar-refractivity contribution < 1.29 is 14.7 Å². The molecule has 0 unspecified atom stereocenters. The van der Waals surface area contributed by atoms with Gasteiger partial charge in [-0.15, -0.1) is 11.8 Å². The van der Waals surface area contributed by atoms with Gasteiger partial charge >= 0.3 is 5.97 Å². The number of carboxylic acids is 1. The normalized spacial score (nSPS) is 10.7. The van der Waals surface area contributed by atoms with Crippen LogP contribution in [0.4, 0.5) is 0 Å². The summed E-state index contributed by atoms with van der Waals surface area (Å²) in [6.45, 7) is 0.573. The highest BCUT2D eigenvalue weighted by atomic mass is 35.5. The number of benzene rings is 1. The Kier molecular flexibility index (Phi) is 7.01. The van der Waals surface area contributed by atoms with Crippen LogP contribution in [0.5, 0.6) is 0 Å². The molecule has 0 radical (unpaired) electrons. The zero-order chi connectivity index (χ0) is 16.0. The van der Waals surface area contributed by atoms with Crippen molar-refractivity contribution in [3.63, 3.8) is 0 Å². The maximum atomic E-state index is 12.5. The van der Waals surface area contributed by atoms with E-state index in [0.29, 0.717) is 23.7 Å². The van der Waals surface area contributed by atoms with Gasteiger partial charge in [0.25, 0.3) is 5.91 Å². The Hall–Kier alpha value is -1.24. The molecule has 116 valence electrons. The first-order chi connectivity index (χ1) is 9.85. The summed E-state index contributed by atoms with van der Waals surface area (Å²) in [5, 5.41) is 9.30. The molecule has 1 N–H and O–H groups in total. The zero-order valence-electron chi connectivity index (χ0n) is 12.3. The summed E-state index contributed by atoms with van der Waals surface area (Å²) in [4.78, 5) is 27.6. The molecule has 0 saturated carbocycles. The van der Waals surface area contributed by atoms with Crippen LogP contribution in [0.15, 0.2) is 23.1 Å². The van der Waals surface area contributed by atoms with E-state index in [1.165, 1.54) is 16.7 Å². The van der Waals surface area contributed by atoms with E-state index in [0.717, 1.165) is 4.90 Å². The third-order valence-corrected chi connectivity index (χ3v) is 3.89. The zero-order valence-corrected chi connectivity index (χ0v) is 13.9. The van der Waals surface area contributed by atoms with E-state index in [2.05, 4.69) is 0 Å². The molecule has 1 rings (SSSR count). The molecule has 0 aliphatic heterocycles. The van der Waals surface area contributed by atoms with Crippen LogP contribution in [-0.2, 0) is 4.79 Å². The first-order valence-electron chi connectivity index (χ1n) is 6.34. The molecule has 0 fully saturated rings. The second-order valence-corrected chi connectivity index (χ2v) is 6.06. The van der Waals surface area contributed by atoms with E-state index < -0.39 is 5.97 Å². The van der Waals surface area contributed by atoms with E-state index >= 15 is 0 Å². The van der Waals surface area contributed by atoms with Gasteiger partial charge in [-0.2, -0.15) is 0 Å². The summed E-state index contributed by atoms with van der Waals surface area (Å²) >= 11 is 7.58. The Balaban J connectivity index is 3.00. The number of hydrogen-bond acceptors (Lipinski definition) is 4. The quantitative estimate of drug-likeness (QED) is 0.776. The fourth-order valence-electron chi connectivity index (χ4n) is 1.70. The van der Waals surface area contributed by atoms with Crippen LogP contribution < -0.4 is 0 Å². The van der Waals surface area contributed by atoms with E-state index in [1.807, 2.05) is 31.3 Å². The second kappa shape index (κ2) is 8.26. The summed E-state index contributed by atoms with van der Waals surface area (Å²) in [5.41, 5.74) is 0.337. The minimum absolute atomic E-state index is 0.331. The van der Waals surface area contributed by atoms with Gasteiger partial charge in [-0.05, 0) is 38.6 Å². The topological polar surface area (TPSA) is 60.9 Å². The summed E-state index contributed by atoms with van der Waals surface area (Å²) in [6, 6.07) is 5.18. The Bertz CT molecular complexity index is 523. The van der Waals surface area contributed by atoms with Crippen molar-refractivity contribution in [2.24, 2.45) is 0 Å². The summed E-state index contributed by atoms with van der Waals surface area (Å²) in [5.74, 6) is -1.40. The van der Waals surface area contributed by atoms with Gasteiger partial charge < -0.3 is 14.9 Å². The van der Waals surface area contributed by atoms with Crippen LogP contribution >= 0.6 is 23.4 Å². The van der Waals surface area contributed by atoms with E-state index in [9.17, 15) is 9.59 Å². The lowest BCUT2D eigenvalue weighted by molar-refractivity contribution is -0.137. The Morgan fingerprint density at radius 1 is 1.29 bits per heavy atom. The number of likely N-dealkylation sites (N-methyl/N-ethyl adjacent to an activating group) is 1. The molecule has 1 aromatic carbocycles. The number of nitrogens with zero attached hydrogens (tertiary/aromatic N) is 2. The maximum Gasteiger partial charge on any atom is 0.323 e. The molecule has 0 saturated heterocycles. The summed E-state index contributed by atoms with van der Waals surface area (Å²) in [7, 11) is 3.73. The van der Waals surface area contributed by atoms with Crippen LogP contribution in [0, 0.1) is 0 Å². The van der Waals surface area contributed by atoms with Gasteiger partial charge in [-0.25, -0.2) is 0 Å². The van der Waals surface area contributed by atoms with E-state index in [-0.39, 0.29) is 12.5 Å². The number of rotatable bonds is 7. The Morgan fingerprint density at radius 2 is 1.95 bits per heavy atom. The minimum atomic E-state index is -1.04. The molecule has 0 bridgehead atoms. The van der Waals surface area contributed by atoms with Crippen LogP contribution in [0.25, 0.3) is 0 Å². The Labute approximate surface area is 133 Å². The molecule has 1 amide bonds. The average molecular weight is 331 g/mol. The van der Waals surface area contributed by atoms with Crippen molar-refractivity contribution >= 4 is 35.2 Å². The number of hydrogen-bond donors (Lipinski definition) is 1. The predicted molar refractivity (Wildman–Crippen MR) is 85.3 cm³/mol. The van der Waals surface area contributed by atoms with Crippen LogP contribution in [-0.4, -0.2) is 66.8 Å². The van der Waals surface area contributed by atoms with Crippen LogP contribution in [0.1, 0.15) is 10.4 Å². The lowest BCUT2D eigenvalue weighted by atomic mass is 10.2. The monoisotopic (exact) mass is 330 g/mol. The van der Waals surface area contributed by atoms with Gasteiger partial charge in [0.1, 0.15) is 6.54 Å². The number of carboxylic acid groups (broad SMARTS) is 1. The van der Waals surface area contributed by atoms with Gasteiger partial charge in [0.15, 0.2) is 0 Å². The fourth-order valence-corrected chi connectivity index (χ4v) is 2.34. The molecular formula is C14H19ClN2O3S. The third kappa shape index (κ3) is 5.57. The highest BCUT2D eigenvalue weighted by Gasteiger charge is 2.21. The number of aliphatic carboxylic acids is 1. The predicted octanol–water partition coefficient (Wildman–Crippen LogP) is 2.15. The van der Waals surface area contributed by atoms with Gasteiger partial charge in [0.05, 0.1) is 10.6 Å². The third-order valence-electron chi connectivity index (χ3n) is 2.83. The molecule has 0 aromatic heterocycles. The van der Waals surface area contributed by atoms with Crippen LogP contribution in [0.3, 0.4) is 0 Å². The number of halogens is 1. The van der Waals surface area contributed by atoms with E-state index in [1.54, 1.807) is 12.1 Å². The molecule has 0 aliphatic carbocycles. The molecule has 7 heteroatoms. The molecule has 21 heavy (non-hydrogen) atoms. The van der Waals surface area contributed by atoms with Gasteiger partial charge in [-0.3, -0.25) is 9.59 Å². The average Bonchev–Trinajstić information content (AvgIpc) is 2.42. The molecule has 0 aliphatic rings. The van der Waals surface area contributed by atoms with Crippen molar-refractivity contribution in [1.82, 2.24) is 9.80 Å². The summed E-state index contributed by atoms with van der Waals surface area (Å²) in [6.07, 6.45) is 1.90. The second-order valence-electron chi connectivity index (χ2n) is 4.77. The molecule has 0 heterocycles. The molecule has 0 atom stereocenters. The first kappa shape index (κ1) is 17.8. The van der Waals surface area contributed by atoms with Crippen LogP contribution in [0.2, 0.25) is 5.02 Å². The number of thioether (sulfide) groups is 1. The van der Waals surface area contributed by atoms with Crippen molar-refractivity contribution in [1.29, 1.82) is 0 Å². The van der Waals surface area contributed by atoms with Gasteiger partial charge in [-0.1, -0.05) is 11.6 Å². The summed E-state index contributed by atoms with van der Waals surface area (Å²) < 4.78 is 0. The first-order valence-corrected chi connectivity index (χ1v) is 7.94. The largest absolute Gasteiger partial charge is 0.480 e. The molecule has 1 aromatic rings. The van der Waals surface area contributed by atoms with Crippen molar-refractivity contribution in [3.05, 3.63) is 28.8 Å². The lowest BCUT2D eigenvalue weighted by Gasteiger charge is -2.23. The number of carbonyl (C=O) groups is 2. The van der Waals surface area contributed by atoms with E-state index in [4.69, 9.17) is 16.7 Å².